The molecule has 2 nitrogen and oxygen atoms in total. The monoisotopic (exact) mass is 173 g/mol. The van der Waals surface area contributed by atoms with Crippen LogP contribution in [0.2, 0.25) is 0 Å². The first-order chi connectivity index (χ1) is 5.67. The number of methoxy groups -OCH3 is 1. The molecule has 3 atom stereocenters. The molecule has 0 saturated carbocycles. The van der Waals surface area contributed by atoms with Crippen molar-refractivity contribution in [3.63, 3.8) is 0 Å². The summed E-state index contributed by atoms with van der Waals surface area (Å²) in [5.74, 6) is 0.680. The standard InChI is InChI=1S/C10H23NO/c1-6-8(3)10(11-7-2)9(4)12-5/h8-11H,6-7H2,1-5H3. The largest absolute Gasteiger partial charge is 0.380 e. The smallest absolute Gasteiger partial charge is 0.0698 e. The molecule has 12 heavy (non-hydrogen) atoms. The van der Waals surface area contributed by atoms with E-state index in [1.54, 1.807) is 7.11 Å². The second-order valence-electron chi connectivity index (χ2n) is 3.41. The molecule has 0 heterocycles. The van der Waals surface area contributed by atoms with Crippen LogP contribution in [0.5, 0.6) is 0 Å². The Labute approximate surface area is 76.7 Å². The van der Waals surface area contributed by atoms with Crippen molar-refractivity contribution in [3.05, 3.63) is 0 Å². The van der Waals surface area contributed by atoms with Gasteiger partial charge in [-0.25, -0.2) is 0 Å². The highest BCUT2D eigenvalue weighted by molar-refractivity contribution is 4.77. The van der Waals surface area contributed by atoms with Crippen LogP contribution >= 0.6 is 0 Å². The summed E-state index contributed by atoms with van der Waals surface area (Å²) in [5.41, 5.74) is 0. The number of nitrogens with one attached hydrogen (secondary N) is 1. The van der Waals surface area contributed by atoms with Gasteiger partial charge in [0.2, 0.25) is 0 Å². The molecule has 0 aromatic rings. The average molecular weight is 173 g/mol. The highest BCUT2D eigenvalue weighted by atomic mass is 16.5. The van der Waals surface area contributed by atoms with E-state index < -0.39 is 0 Å². The summed E-state index contributed by atoms with van der Waals surface area (Å²) in [5, 5.41) is 3.46. The van der Waals surface area contributed by atoms with Crippen molar-refractivity contribution in [2.24, 2.45) is 5.92 Å². The summed E-state index contributed by atoms with van der Waals surface area (Å²) in [6, 6.07) is 0.491. The van der Waals surface area contributed by atoms with E-state index in [1.165, 1.54) is 6.42 Å². The van der Waals surface area contributed by atoms with Crippen molar-refractivity contribution in [2.45, 2.75) is 46.3 Å². The van der Waals surface area contributed by atoms with Crippen LogP contribution in [0, 0.1) is 5.92 Å². The van der Waals surface area contributed by atoms with Crippen LogP contribution in [0.25, 0.3) is 0 Å². The van der Waals surface area contributed by atoms with Gasteiger partial charge in [-0.15, -0.1) is 0 Å². The van der Waals surface area contributed by atoms with Crippen molar-refractivity contribution >= 4 is 0 Å². The Morgan fingerprint density at radius 1 is 1.25 bits per heavy atom. The molecule has 3 unspecified atom stereocenters. The Bertz CT molecular complexity index is 96.0. The fraction of sp³-hybridized carbons (Fsp3) is 1.00. The van der Waals surface area contributed by atoms with E-state index in [0.29, 0.717) is 18.1 Å². The third kappa shape index (κ3) is 3.55. The van der Waals surface area contributed by atoms with E-state index in [0.717, 1.165) is 6.54 Å². The maximum absolute atomic E-state index is 5.33. The lowest BCUT2D eigenvalue weighted by atomic mass is 9.95. The summed E-state index contributed by atoms with van der Waals surface area (Å²) in [6.07, 6.45) is 1.51. The van der Waals surface area contributed by atoms with Crippen LogP contribution < -0.4 is 5.32 Å². The molecule has 0 aliphatic rings. The van der Waals surface area contributed by atoms with E-state index in [-0.39, 0.29) is 0 Å². The Hall–Kier alpha value is -0.0800. The number of likely N-dealkylation sites (N-methyl/N-ethyl adjacent to an activating group) is 1. The molecule has 0 aromatic heterocycles. The second-order valence-corrected chi connectivity index (χ2v) is 3.41. The highest BCUT2D eigenvalue weighted by Gasteiger charge is 2.20. The molecular weight excluding hydrogens is 150 g/mol. The number of rotatable bonds is 6. The van der Waals surface area contributed by atoms with Crippen LogP contribution in [-0.2, 0) is 4.74 Å². The Balaban J connectivity index is 4.01. The normalized spacial score (nSPS) is 18.8. The third-order valence-corrected chi connectivity index (χ3v) is 2.57. The van der Waals surface area contributed by atoms with Gasteiger partial charge >= 0.3 is 0 Å². The predicted octanol–water partition coefficient (Wildman–Crippen LogP) is 2.05. The maximum atomic E-state index is 5.33. The van der Waals surface area contributed by atoms with Crippen molar-refractivity contribution in [1.29, 1.82) is 0 Å². The second kappa shape index (κ2) is 6.44. The average Bonchev–Trinajstić information content (AvgIpc) is 2.11. The molecule has 0 spiro atoms. The molecule has 0 bridgehead atoms. The lowest BCUT2D eigenvalue weighted by Crippen LogP contribution is -2.43. The fourth-order valence-corrected chi connectivity index (χ4v) is 1.47. The third-order valence-electron chi connectivity index (χ3n) is 2.57. The van der Waals surface area contributed by atoms with Gasteiger partial charge in [0.1, 0.15) is 0 Å². The van der Waals surface area contributed by atoms with Crippen LogP contribution in [0.15, 0.2) is 0 Å². The van der Waals surface area contributed by atoms with E-state index in [9.17, 15) is 0 Å². The zero-order valence-electron chi connectivity index (χ0n) is 9.05. The molecule has 0 fully saturated rings. The quantitative estimate of drug-likeness (QED) is 0.663. The Morgan fingerprint density at radius 2 is 1.83 bits per heavy atom. The minimum atomic E-state index is 0.305. The summed E-state index contributed by atoms with van der Waals surface area (Å²) in [7, 11) is 1.78. The summed E-state index contributed by atoms with van der Waals surface area (Å²) < 4.78 is 5.33. The van der Waals surface area contributed by atoms with Gasteiger partial charge in [-0.1, -0.05) is 27.2 Å². The molecule has 74 valence electrons. The van der Waals surface area contributed by atoms with Gasteiger partial charge in [0.05, 0.1) is 6.10 Å². The molecule has 2 heteroatoms. The molecular formula is C10H23NO. The molecule has 0 aliphatic heterocycles. The van der Waals surface area contributed by atoms with E-state index in [1.807, 2.05) is 0 Å². The first-order valence-corrected chi connectivity index (χ1v) is 4.93. The van der Waals surface area contributed by atoms with Crippen LogP contribution in [0.1, 0.15) is 34.1 Å². The minimum absolute atomic E-state index is 0.305. The van der Waals surface area contributed by atoms with Crippen molar-refractivity contribution in [3.8, 4) is 0 Å². The summed E-state index contributed by atoms with van der Waals surface area (Å²) in [6.45, 7) is 9.76. The topological polar surface area (TPSA) is 21.3 Å². The zero-order valence-corrected chi connectivity index (χ0v) is 9.05. The van der Waals surface area contributed by atoms with Crippen LogP contribution in [0.4, 0.5) is 0 Å². The Kier molecular flexibility index (Phi) is 6.39. The van der Waals surface area contributed by atoms with Gasteiger partial charge < -0.3 is 10.1 Å². The number of hydrogen-bond acceptors (Lipinski definition) is 2. The van der Waals surface area contributed by atoms with Gasteiger partial charge in [0, 0.05) is 13.2 Å². The fourth-order valence-electron chi connectivity index (χ4n) is 1.47. The minimum Gasteiger partial charge on any atom is -0.380 e. The lowest BCUT2D eigenvalue weighted by molar-refractivity contribution is 0.0639. The molecule has 0 saturated heterocycles. The molecule has 0 amide bonds. The van der Waals surface area contributed by atoms with Gasteiger partial charge in [-0.2, -0.15) is 0 Å². The van der Waals surface area contributed by atoms with Crippen LogP contribution in [0.3, 0.4) is 0 Å². The van der Waals surface area contributed by atoms with Crippen molar-refractivity contribution < 1.29 is 4.74 Å². The summed E-state index contributed by atoms with van der Waals surface area (Å²) >= 11 is 0. The SMILES string of the molecule is CCNC(C(C)CC)C(C)OC. The first-order valence-electron chi connectivity index (χ1n) is 4.93. The number of hydrogen-bond donors (Lipinski definition) is 1. The molecule has 0 radical (unpaired) electrons. The first kappa shape index (κ1) is 11.9. The van der Waals surface area contributed by atoms with Gasteiger partial charge in [0.15, 0.2) is 0 Å². The molecule has 1 N–H and O–H groups in total. The molecule has 0 rings (SSSR count). The van der Waals surface area contributed by atoms with Crippen molar-refractivity contribution in [1.82, 2.24) is 5.32 Å². The molecule has 0 aromatic carbocycles. The van der Waals surface area contributed by atoms with Gasteiger partial charge in [0.25, 0.3) is 0 Å². The van der Waals surface area contributed by atoms with Crippen LogP contribution in [-0.4, -0.2) is 25.8 Å². The lowest BCUT2D eigenvalue weighted by Gasteiger charge is -2.28. The molecule has 0 aliphatic carbocycles. The summed E-state index contributed by atoms with van der Waals surface area (Å²) in [4.78, 5) is 0. The Morgan fingerprint density at radius 3 is 2.17 bits per heavy atom. The maximum Gasteiger partial charge on any atom is 0.0698 e. The van der Waals surface area contributed by atoms with E-state index in [2.05, 4.69) is 33.0 Å². The van der Waals surface area contributed by atoms with Crippen molar-refractivity contribution in [2.75, 3.05) is 13.7 Å². The highest BCUT2D eigenvalue weighted by Crippen LogP contribution is 2.12. The zero-order chi connectivity index (χ0) is 9.56. The predicted molar refractivity (Wildman–Crippen MR) is 53.4 cm³/mol. The van der Waals surface area contributed by atoms with Gasteiger partial charge in [-0.05, 0) is 19.4 Å². The van der Waals surface area contributed by atoms with E-state index >= 15 is 0 Å². The van der Waals surface area contributed by atoms with Gasteiger partial charge in [-0.3, -0.25) is 0 Å². The van der Waals surface area contributed by atoms with E-state index in [4.69, 9.17) is 4.74 Å². The number of ether oxygens (including phenoxy) is 1.